The van der Waals surface area contributed by atoms with E-state index in [4.69, 9.17) is 5.73 Å². The van der Waals surface area contributed by atoms with Gasteiger partial charge in [-0.15, -0.1) is 0 Å². The number of hydrogen-bond donors (Lipinski definition) is 8. The molecule has 0 aliphatic carbocycles. The van der Waals surface area contributed by atoms with Gasteiger partial charge in [0.25, 0.3) is 0 Å². The molecule has 4 atom stereocenters. The number of hydrogen-bond acceptors (Lipinski definition) is 7. The molecule has 0 saturated carbocycles. The summed E-state index contributed by atoms with van der Waals surface area (Å²) in [6.45, 7) is 2.58. The molecule has 1 aromatic heterocycles. The lowest BCUT2D eigenvalue weighted by Crippen LogP contribution is -2.59. The number of nitrogens with two attached hydrogens (primary N) is 1. The first kappa shape index (κ1) is 30.1. The van der Waals surface area contributed by atoms with Gasteiger partial charge in [0.15, 0.2) is 0 Å². The van der Waals surface area contributed by atoms with Crippen LogP contribution in [0.3, 0.4) is 0 Å². The Kier molecular flexibility index (Phi) is 10.2. The molecule has 3 aromatic rings. The molecule has 4 unspecified atom stereocenters. The normalized spacial score (nSPS) is 14.2. The lowest BCUT2D eigenvalue weighted by molar-refractivity contribution is -0.142. The number of aliphatic hydroxyl groups is 1. The third kappa shape index (κ3) is 7.80. The van der Waals surface area contributed by atoms with Crippen molar-refractivity contribution < 1.29 is 34.5 Å². The number of aliphatic carboxylic acids is 1. The Morgan fingerprint density at radius 1 is 0.875 bits per heavy atom. The van der Waals surface area contributed by atoms with Crippen LogP contribution < -0.4 is 21.7 Å². The van der Waals surface area contributed by atoms with Crippen LogP contribution in [0.25, 0.3) is 10.9 Å². The van der Waals surface area contributed by atoms with Crippen molar-refractivity contribution >= 4 is 34.6 Å². The van der Waals surface area contributed by atoms with Crippen LogP contribution in [0.2, 0.25) is 0 Å². The molecule has 0 bridgehead atoms. The van der Waals surface area contributed by atoms with Crippen molar-refractivity contribution in [1.29, 1.82) is 0 Å². The molecule has 3 amide bonds. The molecule has 9 N–H and O–H groups in total. The van der Waals surface area contributed by atoms with Crippen molar-refractivity contribution in [1.82, 2.24) is 20.9 Å². The van der Waals surface area contributed by atoms with Crippen LogP contribution in [-0.4, -0.2) is 74.8 Å². The number of nitrogens with one attached hydrogen (secondary N) is 4. The van der Waals surface area contributed by atoms with Crippen LogP contribution in [0.1, 0.15) is 25.0 Å². The number of fused-ring (bicyclic) bond motifs is 1. The molecule has 0 fully saturated rings. The van der Waals surface area contributed by atoms with Gasteiger partial charge in [-0.2, -0.15) is 0 Å². The number of phenols is 1. The largest absolute Gasteiger partial charge is 0.508 e. The number of aliphatic hydroxyl groups excluding tert-OH is 1. The van der Waals surface area contributed by atoms with Crippen LogP contribution in [0.4, 0.5) is 0 Å². The summed E-state index contributed by atoms with van der Waals surface area (Å²) < 4.78 is 0. The molecule has 0 aliphatic rings. The molecule has 3 rings (SSSR count). The minimum absolute atomic E-state index is 0.0120. The highest BCUT2D eigenvalue weighted by Gasteiger charge is 2.32. The van der Waals surface area contributed by atoms with Gasteiger partial charge >= 0.3 is 5.97 Å². The number of aromatic nitrogens is 1. The second-order valence-electron chi connectivity index (χ2n) is 9.91. The molecule has 214 valence electrons. The zero-order valence-electron chi connectivity index (χ0n) is 22.3. The summed E-state index contributed by atoms with van der Waals surface area (Å²) in [4.78, 5) is 53.7. The number of para-hydroxylation sites is 1. The van der Waals surface area contributed by atoms with E-state index in [0.717, 1.165) is 10.9 Å². The summed E-state index contributed by atoms with van der Waals surface area (Å²) in [5.41, 5.74) is 8.18. The number of carboxylic acid groups (broad SMARTS) is 1. The van der Waals surface area contributed by atoms with Gasteiger partial charge in [-0.3, -0.25) is 14.4 Å². The van der Waals surface area contributed by atoms with Crippen LogP contribution in [0, 0.1) is 5.92 Å². The van der Waals surface area contributed by atoms with Crippen molar-refractivity contribution in [2.75, 3.05) is 6.61 Å². The fourth-order valence-electron chi connectivity index (χ4n) is 4.22. The van der Waals surface area contributed by atoms with E-state index in [1.165, 1.54) is 12.1 Å². The average Bonchev–Trinajstić information content (AvgIpc) is 3.33. The summed E-state index contributed by atoms with van der Waals surface area (Å²) in [6, 6.07) is 8.64. The lowest BCUT2D eigenvalue weighted by Gasteiger charge is -2.26. The predicted octanol–water partition coefficient (Wildman–Crippen LogP) is 0.173. The Labute approximate surface area is 231 Å². The second kappa shape index (κ2) is 13.6. The van der Waals surface area contributed by atoms with Gasteiger partial charge < -0.3 is 42.0 Å². The Morgan fingerprint density at radius 2 is 1.52 bits per heavy atom. The van der Waals surface area contributed by atoms with E-state index in [1.807, 2.05) is 24.3 Å². The van der Waals surface area contributed by atoms with Crippen LogP contribution in [0.15, 0.2) is 54.7 Å². The number of benzene rings is 2. The Hall–Kier alpha value is -4.42. The fraction of sp³-hybridized carbons (Fsp3) is 0.357. The van der Waals surface area contributed by atoms with Crippen molar-refractivity contribution in [3.05, 3.63) is 65.9 Å². The van der Waals surface area contributed by atoms with E-state index in [2.05, 4.69) is 20.9 Å². The van der Waals surface area contributed by atoms with Crippen LogP contribution in [0.5, 0.6) is 5.75 Å². The third-order valence-corrected chi connectivity index (χ3v) is 6.50. The Balaban J connectivity index is 1.63. The van der Waals surface area contributed by atoms with Gasteiger partial charge in [0.2, 0.25) is 17.7 Å². The van der Waals surface area contributed by atoms with Gasteiger partial charge in [-0.05, 0) is 41.7 Å². The molecular weight excluding hydrogens is 518 g/mol. The number of carbonyl (C=O) groups is 4. The highest BCUT2D eigenvalue weighted by molar-refractivity contribution is 5.94. The molecule has 40 heavy (non-hydrogen) atoms. The molecule has 12 nitrogen and oxygen atoms in total. The van der Waals surface area contributed by atoms with Crippen molar-refractivity contribution in [3.8, 4) is 5.75 Å². The molecule has 1 heterocycles. The zero-order chi connectivity index (χ0) is 29.4. The number of aromatic amines is 1. The molecule has 0 spiro atoms. The highest BCUT2D eigenvalue weighted by Crippen LogP contribution is 2.19. The summed E-state index contributed by atoms with van der Waals surface area (Å²) in [5.74, 6) is -3.87. The van der Waals surface area contributed by atoms with Gasteiger partial charge in [0, 0.05) is 23.5 Å². The highest BCUT2D eigenvalue weighted by atomic mass is 16.4. The number of carboxylic acids is 1. The number of H-pyrrole nitrogens is 1. The maximum Gasteiger partial charge on any atom is 0.326 e. The van der Waals surface area contributed by atoms with Crippen molar-refractivity contribution in [3.63, 3.8) is 0 Å². The van der Waals surface area contributed by atoms with Crippen LogP contribution >= 0.6 is 0 Å². The molecule has 0 saturated heterocycles. The van der Waals surface area contributed by atoms with E-state index >= 15 is 0 Å². The number of carbonyl (C=O) groups excluding carboxylic acids is 3. The first-order valence-electron chi connectivity index (χ1n) is 12.8. The van der Waals surface area contributed by atoms with E-state index in [-0.39, 0.29) is 18.6 Å². The molecule has 2 aromatic carbocycles. The molecular formula is C28H35N5O7. The SMILES string of the molecule is CC(C)C(NC(=O)C(CO)NC(=O)C(N)Cc1ccc(O)cc1)C(=O)NC(Cc1c[nH]c2ccccc12)C(=O)O. The molecule has 0 aliphatic heterocycles. The summed E-state index contributed by atoms with van der Waals surface area (Å²) >= 11 is 0. The molecule has 12 heteroatoms. The smallest absolute Gasteiger partial charge is 0.326 e. The topological polar surface area (TPSA) is 207 Å². The fourth-order valence-corrected chi connectivity index (χ4v) is 4.22. The summed E-state index contributed by atoms with van der Waals surface area (Å²) in [7, 11) is 0. The first-order valence-corrected chi connectivity index (χ1v) is 12.8. The maximum absolute atomic E-state index is 13.1. The standard InChI is InChI=1S/C28H35N5O7/c1-15(2)24(27(38)31-22(28(39)40)12-17-13-30-21-6-4-3-5-19(17)21)33-26(37)23(14-34)32-25(36)20(29)11-16-7-9-18(35)10-8-16/h3-10,13,15,20,22-24,30,34-35H,11-12,14,29H2,1-2H3,(H,31,38)(H,32,36)(H,33,37)(H,39,40). The minimum Gasteiger partial charge on any atom is -0.508 e. The second-order valence-corrected chi connectivity index (χ2v) is 9.91. The number of rotatable bonds is 13. The minimum atomic E-state index is -1.39. The monoisotopic (exact) mass is 553 g/mol. The van der Waals surface area contributed by atoms with Gasteiger partial charge in [0.1, 0.15) is 23.9 Å². The van der Waals surface area contributed by atoms with E-state index in [1.54, 1.807) is 32.2 Å². The van der Waals surface area contributed by atoms with Crippen molar-refractivity contribution in [2.24, 2.45) is 11.7 Å². The maximum atomic E-state index is 13.1. The number of amides is 3. The summed E-state index contributed by atoms with van der Waals surface area (Å²) in [5, 5.41) is 37.1. The Morgan fingerprint density at radius 3 is 2.15 bits per heavy atom. The summed E-state index contributed by atoms with van der Waals surface area (Å²) in [6.07, 6.45) is 1.82. The predicted molar refractivity (Wildman–Crippen MR) is 147 cm³/mol. The van der Waals surface area contributed by atoms with Gasteiger partial charge in [-0.1, -0.05) is 44.2 Å². The lowest BCUT2D eigenvalue weighted by atomic mass is 10.0. The van der Waals surface area contributed by atoms with Gasteiger partial charge in [0.05, 0.1) is 12.6 Å². The quantitative estimate of drug-likeness (QED) is 0.146. The van der Waals surface area contributed by atoms with Gasteiger partial charge in [-0.25, -0.2) is 4.79 Å². The Bertz CT molecular complexity index is 1340. The van der Waals surface area contributed by atoms with Crippen LogP contribution in [-0.2, 0) is 32.0 Å². The van der Waals surface area contributed by atoms with E-state index in [0.29, 0.717) is 11.1 Å². The first-order chi connectivity index (χ1) is 19.0. The average molecular weight is 554 g/mol. The third-order valence-electron chi connectivity index (χ3n) is 6.50. The van der Waals surface area contributed by atoms with E-state index in [9.17, 15) is 34.5 Å². The number of aromatic hydroxyl groups is 1. The number of phenolic OH excluding ortho intramolecular Hbond substituents is 1. The molecule has 0 radical (unpaired) electrons. The van der Waals surface area contributed by atoms with Crippen molar-refractivity contribution in [2.45, 2.75) is 50.9 Å². The zero-order valence-corrected chi connectivity index (χ0v) is 22.3. The van der Waals surface area contributed by atoms with E-state index < -0.39 is 60.4 Å².